The van der Waals surface area contributed by atoms with Crippen molar-refractivity contribution >= 4 is 6.29 Å². The fourth-order valence-corrected chi connectivity index (χ4v) is 1.02. The highest BCUT2D eigenvalue weighted by molar-refractivity contribution is 5.71. The molecule has 0 aliphatic rings. The van der Waals surface area contributed by atoms with Crippen molar-refractivity contribution in [3.63, 3.8) is 0 Å². The van der Waals surface area contributed by atoms with Crippen LogP contribution in [0.1, 0.15) is 21.7 Å². The number of carbonyl (C=O) groups excluding carboxylic acids is 1. The Labute approximate surface area is 76.2 Å². The van der Waals surface area contributed by atoms with Crippen molar-refractivity contribution in [1.29, 1.82) is 0 Å². The molecule has 0 fully saturated rings. The second kappa shape index (κ2) is 4.69. The van der Waals surface area contributed by atoms with E-state index in [1.165, 1.54) is 7.11 Å². The maximum absolute atomic E-state index is 10.4. The van der Waals surface area contributed by atoms with E-state index < -0.39 is 0 Å². The number of aromatic nitrogens is 1. The minimum Gasteiger partial charge on any atom is -0.392 e. The Hall–Kier alpha value is -1.26. The molecule has 0 spiro atoms. The lowest BCUT2D eigenvalue weighted by Crippen LogP contribution is -2.02. The van der Waals surface area contributed by atoms with E-state index in [0.29, 0.717) is 29.8 Å². The quantitative estimate of drug-likeness (QED) is 0.688. The smallest absolute Gasteiger partial charge is 0.168 e. The molecule has 0 aromatic carbocycles. The van der Waals surface area contributed by atoms with Crippen molar-refractivity contribution in [3.05, 3.63) is 29.1 Å². The summed E-state index contributed by atoms with van der Waals surface area (Å²) in [6, 6.07) is 3.24. The monoisotopic (exact) mass is 181 g/mol. The van der Waals surface area contributed by atoms with Crippen LogP contribution in [0.2, 0.25) is 0 Å². The lowest BCUT2D eigenvalue weighted by atomic mass is 10.2. The standard InChI is InChI=1S/C9H11NO3/c1-13-6-9-7(4-11)2-3-8(5-12)10-9/h2-3,5,11H,4,6H2,1H3. The van der Waals surface area contributed by atoms with Gasteiger partial charge in [-0.05, 0) is 6.07 Å². The third-order valence-electron chi connectivity index (χ3n) is 1.66. The fraction of sp³-hybridized carbons (Fsp3) is 0.333. The number of hydrogen-bond acceptors (Lipinski definition) is 4. The molecule has 0 saturated heterocycles. The van der Waals surface area contributed by atoms with Gasteiger partial charge in [0.1, 0.15) is 5.69 Å². The number of pyridine rings is 1. The second-order valence-corrected chi connectivity index (χ2v) is 2.55. The molecule has 1 rings (SSSR count). The first kappa shape index (κ1) is 9.83. The largest absolute Gasteiger partial charge is 0.392 e. The van der Waals surface area contributed by atoms with Crippen LogP contribution in [0.3, 0.4) is 0 Å². The van der Waals surface area contributed by atoms with Crippen molar-refractivity contribution in [3.8, 4) is 0 Å². The first-order chi connectivity index (χ1) is 6.31. The zero-order valence-electron chi connectivity index (χ0n) is 7.36. The summed E-state index contributed by atoms with van der Waals surface area (Å²) in [5, 5.41) is 8.92. The number of aliphatic hydroxyl groups is 1. The molecule has 0 amide bonds. The minimum absolute atomic E-state index is 0.0924. The van der Waals surface area contributed by atoms with E-state index in [1.54, 1.807) is 12.1 Å². The number of aliphatic hydroxyl groups excluding tert-OH is 1. The molecule has 0 saturated carbocycles. The van der Waals surface area contributed by atoms with Crippen LogP contribution in [0.15, 0.2) is 12.1 Å². The molecule has 1 N–H and O–H groups in total. The lowest BCUT2D eigenvalue weighted by Gasteiger charge is -2.05. The van der Waals surface area contributed by atoms with E-state index in [2.05, 4.69) is 4.98 Å². The van der Waals surface area contributed by atoms with Crippen LogP contribution in [-0.2, 0) is 18.0 Å². The molecule has 1 aromatic rings. The Balaban J connectivity index is 3.02. The molecule has 0 bridgehead atoms. The Kier molecular flexibility index (Phi) is 3.54. The summed E-state index contributed by atoms with van der Waals surface area (Å²) in [5.41, 5.74) is 1.64. The number of aldehydes is 1. The third-order valence-corrected chi connectivity index (χ3v) is 1.66. The van der Waals surface area contributed by atoms with Crippen molar-refractivity contribution in [2.45, 2.75) is 13.2 Å². The molecule has 1 aromatic heterocycles. The zero-order valence-corrected chi connectivity index (χ0v) is 7.36. The van der Waals surface area contributed by atoms with Crippen LogP contribution in [-0.4, -0.2) is 23.5 Å². The maximum Gasteiger partial charge on any atom is 0.168 e. The van der Waals surface area contributed by atoms with Crippen LogP contribution in [0.4, 0.5) is 0 Å². The Morgan fingerprint density at radius 1 is 1.62 bits per heavy atom. The molecular weight excluding hydrogens is 170 g/mol. The molecule has 0 atom stereocenters. The van der Waals surface area contributed by atoms with E-state index in [4.69, 9.17) is 9.84 Å². The summed E-state index contributed by atoms with van der Waals surface area (Å²) in [4.78, 5) is 14.4. The van der Waals surface area contributed by atoms with Gasteiger partial charge in [-0.1, -0.05) is 6.07 Å². The molecule has 0 aliphatic carbocycles. The second-order valence-electron chi connectivity index (χ2n) is 2.55. The predicted molar refractivity (Wildman–Crippen MR) is 46.3 cm³/mol. The lowest BCUT2D eigenvalue weighted by molar-refractivity contribution is 0.111. The molecular formula is C9H11NO3. The van der Waals surface area contributed by atoms with Gasteiger partial charge in [-0.25, -0.2) is 4.98 Å². The Morgan fingerprint density at radius 2 is 2.38 bits per heavy atom. The normalized spacial score (nSPS) is 10.0. The van der Waals surface area contributed by atoms with Gasteiger partial charge in [-0.3, -0.25) is 4.79 Å². The highest BCUT2D eigenvalue weighted by atomic mass is 16.5. The molecule has 13 heavy (non-hydrogen) atoms. The first-order valence-electron chi connectivity index (χ1n) is 3.85. The minimum atomic E-state index is -0.0924. The average molecular weight is 181 g/mol. The number of nitrogens with zero attached hydrogens (tertiary/aromatic N) is 1. The molecule has 1 heterocycles. The number of rotatable bonds is 4. The molecule has 0 radical (unpaired) electrons. The van der Waals surface area contributed by atoms with Crippen molar-refractivity contribution < 1.29 is 14.6 Å². The number of ether oxygens (including phenoxy) is 1. The van der Waals surface area contributed by atoms with Gasteiger partial charge in [0.05, 0.1) is 18.9 Å². The summed E-state index contributed by atoms with van der Waals surface area (Å²) >= 11 is 0. The van der Waals surface area contributed by atoms with Crippen molar-refractivity contribution in [1.82, 2.24) is 4.98 Å². The highest BCUT2D eigenvalue weighted by Gasteiger charge is 2.03. The van der Waals surface area contributed by atoms with Gasteiger partial charge < -0.3 is 9.84 Å². The first-order valence-corrected chi connectivity index (χ1v) is 3.85. The van der Waals surface area contributed by atoms with Gasteiger partial charge in [0.15, 0.2) is 6.29 Å². The topological polar surface area (TPSA) is 59.4 Å². The Bertz CT molecular complexity index is 299. The zero-order chi connectivity index (χ0) is 9.68. The van der Waals surface area contributed by atoms with Crippen LogP contribution in [0.25, 0.3) is 0 Å². The number of hydrogen-bond donors (Lipinski definition) is 1. The van der Waals surface area contributed by atoms with Gasteiger partial charge in [-0.15, -0.1) is 0 Å². The van der Waals surface area contributed by atoms with Gasteiger partial charge in [0.2, 0.25) is 0 Å². The van der Waals surface area contributed by atoms with Crippen LogP contribution in [0.5, 0.6) is 0 Å². The number of carbonyl (C=O) groups is 1. The maximum atomic E-state index is 10.4. The average Bonchev–Trinajstić information content (AvgIpc) is 2.18. The van der Waals surface area contributed by atoms with Gasteiger partial charge in [0.25, 0.3) is 0 Å². The Morgan fingerprint density at radius 3 is 2.92 bits per heavy atom. The summed E-state index contributed by atoms with van der Waals surface area (Å²) in [5.74, 6) is 0. The molecule has 0 aliphatic heterocycles. The summed E-state index contributed by atoms with van der Waals surface area (Å²) in [6.07, 6.45) is 0.667. The fourth-order valence-electron chi connectivity index (χ4n) is 1.02. The van der Waals surface area contributed by atoms with E-state index in [-0.39, 0.29) is 6.61 Å². The SMILES string of the molecule is COCc1nc(C=O)ccc1CO. The van der Waals surface area contributed by atoms with Crippen molar-refractivity contribution in [2.75, 3.05) is 7.11 Å². The highest BCUT2D eigenvalue weighted by Crippen LogP contribution is 2.08. The number of methoxy groups -OCH3 is 1. The van der Waals surface area contributed by atoms with E-state index in [1.807, 2.05) is 0 Å². The van der Waals surface area contributed by atoms with E-state index in [9.17, 15) is 4.79 Å². The summed E-state index contributed by atoms with van der Waals surface area (Å²) in [6.45, 7) is 0.211. The van der Waals surface area contributed by atoms with Gasteiger partial charge >= 0.3 is 0 Å². The van der Waals surface area contributed by atoms with Crippen LogP contribution < -0.4 is 0 Å². The summed E-state index contributed by atoms with van der Waals surface area (Å²) in [7, 11) is 1.54. The van der Waals surface area contributed by atoms with Crippen molar-refractivity contribution in [2.24, 2.45) is 0 Å². The van der Waals surface area contributed by atoms with Gasteiger partial charge in [-0.2, -0.15) is 0 Å². The predicted octanol–water partition coefficient (Wildman–Crippen LogP) is 0.533. The third kappa shape index (κ3) is 2.34. The van der Waals surface area contributed by atoms with E-state index >= 15 is 0 Å². The van der Waals surface area contributed by atoms with E-state index in [0.717, 1.165) is 0 Å². The molecule has 4 nitrogen and oxygen atoms in total. The molecule has 4 heteroatoms. The van der Waals surface area contributed by atoms with Crippen LogP contribution >= 0.6 is 0 Å². The molecule has 0 unspecified atom stereocenters. The van der Waals surface area contributed by atoms with Crippen LogP contribution in [0, 0.1) is 0 Å². The summed E-state index contributed by atoms with van der Waals surface area (Å²) < 4.78 is 4.88. The molecule has 70 valence electrons. The van der Waals surface area contributed by atoms with Gasteiger partial charge in [0, 0.05) is 12.7 Å².